The molecule has 0 aliphatic rings. The second kappa shape index (κ2) is 6.51. The summed E-state index contributed by atoms with van der Waals surface area (Å²) in [5.74, 6) is 0.525. The summed E-state index contributed by atoms with van der Waals surface area (Å²) in [6.45, 7) is 4.20. The maximum Gasteiger partial charge on any atom is 0.0434 e. The van der Waals surface area contributed by atoms with Crippen LogP contribution in [0.4, 0.5) is 0 Å². The summed E-state index contributed by atoms with van der Waals surface area (Å²) in [5, 5.41) is 12.1. The minimum absolute atomic E-state index is 0.274. The van der Waals surface area contributed by atoms with Crippen LogP contribution in [0.3, 0.4) is 0 Å². The van der Waals surface area contributed by atoms with Gasteiger partial charge >= 0.3 is 0 Å². The monoisotopic (exact) mass is 194 g/mol. The Bertz CT molecular complexity index is 238. The van der Waals surface area contributed by atoms with Crippen molar-refractivity contribution in [3.8, 4) is 0 Å². The van der Waals surface area contributed by atoms with E-state index < -0.39 is 0 Å². The number of hydrogen-bond donors (Lipinski definition) is 2. The molecule has 0 aliphatic carbocycles. The van der Waals surface area contributed by atoms with Crippen molar-refractivity contribution in [3.05, 3.63) is 30.1 Å². The van der Waals surface area contributed by atoms with E-state index in [4.69, 9.17) is 5.11 Å². The van der Waals surface area contributed by atoms with Crippen LogP contribution in [-0.2, 0) is 6.54 Å². The van der Waals surface area contributed by atoms with Gasteiger partial charge in [0, 0.05) is 25.5 Å². The molecule has 3 nitrogen and oxygen atoms in total. The summed E-state index contributed by atoms with van der Waals surface area (Å²) in [5.41, 5.74) is 1.20. The molecule has 1 rings (SSSR count). The smallest absolute Gasteiger partial charge is 0.0434 e. The fraction of sp³-hybridized carbons (Fsp3) is 0.545. The third-order valence-corrected chi connectivity index (χ3v) is 2.17. The van der Waals surface area contributed by atoms with Gasteiger partial charge in [-0.05, 0) is 30.5 Å². The van der Waals surface area contributed by atoms with E-state index in [-0.39, 0.29) is 6.61 Å². The van der Waals surface area contributed by atoms with Crippen LogP contribution in [0, 0.1) is 5.92 Å². The highest BCUT2D eigenvalue weighted by Gasteiger charge is 1.99. The average Bonchev–Trinajstić information content (AvgIpc) is 2.20. The van der Waals surface area contributed by atoms with E-state index in [2.05, 4.69) is 23.3 Å². The van der Waals surface area contributed by atoms with Crippen molar-refractivity contribution >= 4 is 0 Å². The van der Waals surface area contributed by atoms with Gasteiger partial charge in [0.1, 0.15) is 0 Å². The van der Waals surface area contributed by atoms with Crippen molar-refractivity contribution in [2.75, 3.05) is 13.2 Å². The van der Waals surface area contributed by atoms with Gasteiger partial charge in [-0.2, -0.15) is 0 Å². The minimum atomic E-state index is 0.274. The van der Waals surface area contributed by atoms with E-state index in [0.717, 1.165) is 19.5 Å². The molecule has 2 N–H and O–H groups in total. The number of aromatic nitrogens is 1. The molecule has 1 atom stereocenters. The summed E-state index contributed by atoms with van der Waals surface area (Å²) in [6, 6.07) is 3.99. The van der Waals surface area contributed by atoms with Crippen LogP contribution in [0.1, 0.15) is 18.9 Å². The molecule has 14 heavy (non-hydrogen) atoms. The molecule has 1 aromatic rings. The molecule has 0 spiro atoms. The van der Waals surface area contributed by atoms with E-state index in [9.17, 15) is 0 Å². The largest absolute Gasteiger partial charge is 0.396 e. The number of hydrogen-bond acceptors (Lipinski definition) is 3. The zero-order chi connectivity index (χ0) is 10.2. The van der Waals surface area contributed by atoms with E-state index in [1.54, 1.807) is 6.20 Å². The Morgan fingerprint density at radius 1 is 1.57 bits per heavy atom. The Morgan fingerprint density at radius 3 is 3.07 bits per heavy atom. The SMILES string of the molecule is CC(CCO)CNCc1cccnc1. The maximum atomic E-state index is 8.72. The van der Waals surface area contributed by atoms with Gasteiger partial charge in [-0.25, -0.2) is 0 Å². The minimum Gasteiger partial charge on any atom is -0.396 e. The van der Waals surface area contributed by atoms with Gasteiger partial charge in [-0.1, -0.05) is 13.0 Å². The van der Waals surface area contributed by atoms with Gasteiger partial charge in [0.2, 0.25) is 0 Å². The standard InChI is InChI=1S/C11H18N2O/c1-10(4-6-14)7-13-9-11-3-2-5-12-8-11/h2-3,5,8,10,13-14H,4,6-7,9H2,1H3. The topological polar surface area (TPSA) is 45.1 Å². The molecular weight excluding hydrogens is 176 g/mol. The zero-order valence-electron chi connectivity index (χ0n) is 8.61. The van der Waals surface area contributed by atoms with Crippen molar-refractivity contribution in [2.24, 2.45) is 5.92 Å². The van der Waals surface area contributed by atoms with E-state index in [1.807, 2.05) is 12.3 Å². The Kier molecular flexibility index (Phi) is 5.19. The summed E-state index contributed by atoms with van der Waals surface area (Å²) in [6.07, 6.45) is 4.50. The summed E-state index contributed by atoms with van der Waals surface area (Å²) < 4.78 is 0. The maximum absolute atomic E-state index is 8.72. The van der Waals surface area contributed by atoms with Crippen LogP contribution in [0.15, 0.2) is 24.5 Å². The molecule has 0 fully saturated rings. The normalized spacial score (nSPS) is 12.7. The second-order valence-corrected chi connectivity index (χ2v) is 3.61. The van der Waals surface area contributed by atoms with Gasteiger partial charge in [0.15, 0.2) is 0 Å². The van der Waals surface area contributed by atoms with E-state index in [1.165, 1.54) is 5.56 Å². The third kappa shape index (κ3) is 4.35. The van der Waals surface area contributed by atoms with Crippen molar-refractivity contribution in [2.45, 2.75) is 19.9 Å². The fourth-order valence-electron chi connectivity index (χ4n) is 1.29. The van der Waals surface area contributed by atoms with Gasteiger partial charge in [-0.15, -0.1) is 0 Å². The molecular formula is C11H18N2O. The molecule has 0 bridgehead atoms. The third-order valence-electron chi connectivity index (χ3n) is 2.17. The molecule has 0 aromatic carbocycles. The lowest BCUT2D eigenvalue weighted by molar-refractivity contribution is 0.260. The highest BCUT2D eigenvalue weighted by Crippen LogP contribution is 1.99. The highest BCUT2D eigenvalue weighted by atomic mass is 16.3. The number of nitrogens with zero attached hydrogens (tertiary/aromatic N) is 1. The van der Waals surface area contributed by atoms with Crippen LogP contribution in [0.25, 0.3) is 0 Å². The van der Waals surface area contributed by atoms with Crippen LogP contribution in [-0.4, -0.2) is 23.2 Å². The van der Waals surface area contributed by atoms with Crippen LogP contribution < -0.4 is 5.32 Å². The molecule has 0 amide bonds. The van der Waals surface area contributed by atoms with Gasteiger partial charge in [-0.3, -0.25) is 4.98 Å². The first kappa shape index (κ1) is 11.1. The number of nitrogens with one attached hydrogen (secondary N) is 1. The lowest BCUT2D eigenvalue weighted by atomic mass is 10.1. The first-order valence-corrected chi connectivity index (χ1v) is 5.03. The van der Waals surface area contributed by atoms with Crippen molar-refractivity contribution in [1.29, 1.82) is 0 Å². The van der Waals surface area contributed by atoms with Crippen LogP contribution in [0.2, 0.25) is 0 Å². The second-order valence-electron chi connectivity index (χ2n) is 3.61. The van der Waals surface area contributed by atoms with Gasteiger partial charge in [0.25, 0.3) is 0 Å². The Morgan fingerprint density at radius 2 is 2.43 bits per heavy atom. The number of aliphatic hydroxyl groups excluding tert-OH is 1. The highest BCUT2D eigenvalue weighted by molar-refractivity contribution is 5.07. The lowest BCUT2D eigenvalue weighted by Gasteiger charge is -2.10. The predicted octanol–water partition coefficient (Wildman–Crippen LogP) is 1.19. The van der Waals surface area contributed by atoms with Crippen LogP contribution in [0.5, 0.6) is 0 Å². The van der Waals surface area contributed by atoms with E-state index in [0.29, 0.717) is 5.92 Å². The van der Waals surface area contributed by atoms with Gasteiger partial charge < -0.3 is 10.4 Å². The summed E-state index contributed by atoms with van der Waals surface area (Å²) >= 11 is 0. The molecule has 0 aliphatic heterocycles. The molecule has 1 heterocycles. The molecule has 1 aromatic heterocycles. The molecule has 3 heteroatoms. The quantitative estimate of drug-likeness (QED) is 0.715. The average molecular weight is 194 g/mol. The number of aliphatic hydroxyl groups is 1. The number of pyridine rings is 1. The molecule has 0 saturated carbocycles. The molecule has 1 unspecified atom stereocenters. The first-order valence-electron chi connectivity index (χ1n) is 5.03. The molecule has 78 valence electrons. The summed E-state index contributed by atoms with van der Waals surface area (Å²) in [7, 11) is 0. The summed E-state index contributed by atoms with van der Waals surface area (Å²) in [4.78, 5) is 4.04. The predicted molar refractivity (Wildman–Crippen MR) is 56.8 cm³/mol. The molecule has 0 saturated heterocycles. The van der Waals surface area contributed by atoms with E-state index >= 15 is 0 Å². The number of rotatable bonds is 6. The van der Waals surface area contributed by atoms with Crippen LogP contribution >= 0.6 is 0 Å². The Balaban J connectivity index is 2.16. The Hall–Kier alpha value is -0.930. The first-order chi connectivity index (χ1) is 6.83. The lowest BCUT2D eigenvalue weighted by Crippen LogP contribution is -2.21. The fourth-order valence-corrected chi connectivity index (χ4v) is 1.29. The zero-order valence-corrected chi connectivity index (χ0v) is 8.61. The van der Waals surface area contributed by atoms with Crippen molar-refractivity contribution < 1.29 is 5.11 Å². The molecule has 0 radical (unpaired) electrons. The Labute approximate surface area is 85.2 Å². The van der Waals surface area contributed by atoms with Gasteiger partial charge in [0.05, 0.1) is 0 Å². The van der Waals surface area contributed by atoms with Crippen molar-refractivity contribution in [1.82, 2.24) is 10.3 Å². The van der Waals surface area contributed by atoms with Crippen molar-refractivity contribution in [3.63, 3.8) is 0 Å².